The van der Waals surface area contributed by atoms with Gasteiger partial charge in [0.25, 0.3) is 0 Å². The Morgan fingerprint density at radius 3 is 2.40 bits per heavy atom. The lowest BCUT2D eigenvalue weighted by molar-refractivity contribution is 0.820. The summed E-state index contributed by atoms with van der Waals surface area (Å²) in [6, 6.07) is 40.6. The molecule has 7 aromatic rings. The second-order valence-corrected chi connectivity index (χ2v) is 16.6. The summed E-state index contributed by atoms with van der Waals surface area (Å²) in [6.07, 6.45) is 30.0. The SMILES string of the molecule is C=CC(=CC=Cc1ccc2c(c1)sc1ccccc12)N(C1=CC=C(C2=CC=CCC2)CC1)c1ccc(-c2ccc3c(c2)C2CC=Cc4c2n-3c2ccccc42)cc1. The first kappa shape index (κ1) is 33.9. The number of rotatable bonds is 8. The average Bonchev–Trinajstić information content (AvgIpc) is 3.93. The molecule has 0 bridgehead atoms. The fourth-order valence-electron chi connectivity index (χ4n) is 9.56. The van der Waals surface area contributed by atoms with Crippen LogP contribution in [0.2, 0.25) is 0 Å². The average molecular weight is 751 g/mol. The second-order valence-electron chi connectivity index (χ2n) is 15.5. The van der Waals surface area contributed by atoms with Crippen molar-refractivity contribution in [2.24, 2.45) is 0 Å². The van der Waals surface area contributed by atoms with Gasteiger partial charge in [-0.3, -0.25) is 0 Å². The third-order valence-electron chi connectivity index (χ3n) is 12.3. The first-order valence-electron chi connectivity index (χ1n) is 20.2. The summed E-state index contributed by atoms with van der Waals surface area (Å²) in [7, 11) is 0. The van der Waals surface area contributed by atoms with E-state index in [0.717, 1.165) is 43.5 Å². The molecule has 3 aliphatic carbocycles. The molecule has 1 atom stereocenters. The van der Waals surface area contributed by atoms with E-state index in [9.17, 15) is 0 Å². The van der Waals surface area contributed by atoms with E-state index >= 15 is 0 Å². The van der Waals surface area contributed by atoms with E-state index < -0.39 is 0 Å². The molecule has 5 aromatic carbocycles. The van der Waals surface area contributed by atoms with Crippen molar-refractivity contribution in [3.05, 3.63) is 215 Å². The molecule has 1 aliphatic heterocycles. The highest BCUT2D eigenvalue weighted by Gasteiger charge is 2.34. The summed E-state index contributed by atoms with van der Waals surface area (Å²) >= 11 is 1.86. The maximum atomic E-state index is 4.33. The van der Waals surface area contributed by atoms with Crippen molar-refractivity contribution in [3.63, 3.8) is 0 Å². The van der Waals surface area contributed by atoms with Crippen LogP contribution in [-0.2, 0) is 0 Å². The van der Waals surface area contributed by atoms with Crippen LogP contribution < -0.4 is 4.90 Å². The number of hydrogen-bond donors (Lipinski definition) is 0. The summed E-state index contributed by atoms with van der Waals surface area (Å²) < 4.78 is 5.16. The molecule has 11 rings (SSSR count). The molecule has 4 aliphatic rings. The number of para-hydroxylation sites is 1. The van der Waals surface area contributed by atoms with E-state index in [-0.39, 0.29) is 0 Å². The summed E-state index contributed by atoms with van der Waals surface area (Å²) in [5, 5.41) is 4.01. The Bertz CT molecular complexity index is 3000. The molecular weight excluding hydrogens is 709 g/mol. The van der Waals surface area contributed by atoms with Crippen molar-refractivity contribution < 1.29 is 0 Å². The van der Waals surface area contributed by atoms with Gasteiger partial charge in [0.1, 0.15) is 0 Å². The summed E-state index contributed by atoms with van der Waals surface area (Å²) in [5.74, 6) is 0.388. The van der Waals surface area contributed by atoms with Gasteiger partial charge in [-0.1, -0.05) is 122 Å². The Labute approximate surface area is 338 Å². The van der Waals surface area contributed by atoms with E-state index in [1.807, 2.05) is 17.4 Å². The second kappa shape index (κ2) is 14.0. The predicted molar refractivity (Wildman–Crippen MR) is 245 cm³/mol. The molecule has 0 N–H and O–H groups in total. The van der Waals surface area contributed by atoms with Gasteiger partial charge in [-0.15, -0.1) is 11.3 Å². The zero-order valence-corrected chi connectivity index (χ0v) is 32.7. The van der Waals surface area contributed by atoms with Crippen LogP contribution in [0.5, 0.6) is 0 Å². The number of nitrogens with zero attached hydrogens (tertiary/aromatic N) is 2. The highest BCUT2D eigenvalue weighted by molar-refractivity contribution is 7.25. The number of allylic oxidation sites excluding steroid dienone is 12. The lowest BCUT2D eigenvalue weighted by Crippen LogP contribution is -2.22. The van der Waals surface area contributed by atoms with E-state index in [0.29, 0.717) is 5.92 Å². The molecule has 57 heavy (non-hydrogen) atoms. The maximum Gasteiger partial charge on any atom is 0.0538 e. The molecule has 3 heterocycles. The van der Waals surface area contributed by atoms with Crippen molar-refractivity contribution in [2.75, 3.05) is 4.90 Å². The maximum absolute atomic E-state index is 4.33. The van der Waals surface area contributed by atoms with Crippen LogP contribution in [0.15, 0.2) is 193 Å². The normalized spacial score (nSPS) is 17.2. The lowest BCUT2D eigenvalue weighted by atomic mass is 9.86. The molecule has 0 saturated carbocycles. The number of thiophene rings is 1. The number of benzene rings is 5. The van der Waals surface area contributed by atoms with Crippen molar-refractivity contribution >= 4 is 60.3 Å². The van der Waals surface area contributed by atoms with Gasteiger partial charge < -0.3 is 9.47 Å². The van der Waals surface area contributed by atoms with Crippen molar-refractivity contribution in [2.45, 2.75) is 38.0 Å². The third-order valence-corrected chi connectivity index (χ3v) is 13.4. The Morgan fingerprint density at radius 1 is 0.737 bits per heavy atom. The predicted octanol–water partition coefficient (Wildman–Crippen LogP) is 15.0. The molecule has 2 aromatic heterocycles. The van der Waals surface area contributed by atoms with Gasteiger partial charge in [0.15, 0.2) is 0 Å². The minimum Gasteiger partial charge on any atom is -0.314 e. The van der Waals surface area contributed by atoms with E-state index in [1.165, 1.54) is 87.1 Å². The fraction of sp³-hybridized carbons (Fsp3) is 0.111. The van der Waals surface area contributed by atoms with Gasteiger partial charge in [-0.05, 0) is 126 Å². The zero-order chi connectivity index (χ0) is 37.9. The topological polar surface area (TPSA) is 8.17 Å². The number of anilines is 1. The number of hydrogen-bond acceptors (Lipinski definition) is 2. The van der Waals surface area contributed by atoms with Gasteiger partial charge in [0, 0.05) is 65.5 Å². The van der Waals surface area contributed by atoms with E-state index in [1.54, 1.807) is 0 Å². The van der Waals surface area contributed by atoms with Crippen molar-refractivity contribution in [1.82, 2.24) is 4.57 Å². The summed E-state index contributed by atoms with van der Waals surface area (Å²) in [5.41, 5.74) is 17.0. The highest BCUT2D eigenvalue weighted by Crippen LogP contribution is 2.50. The molecule has 0 radical (unpaired) electrons. The summed E-state index contributed by atoms with van der Waals surface area (Å²) in [4.78, 5) is 2.40. The smallest absolute Gasteiger partial charge is 0.0538 e. The molecule has 0 saturated heterocycles. The Balaban J connectivity index is 0.932. The van der Waals surface area contributed by atoms with Crippen LogP contribution in [0.3, 0.4) is 0 Å². The van der Waals surface area contributed by atoms with E-state index in [2.05, 4.69) is 186 Å². The lowest BCUT2D eigenvalue weighted by Gasteiger charge is -2.31. The molecule has 0 fully saturated rings. The molecule has 274 valence electrons. The molecule has 1 unspecified atom stereocenters. The van der Waals surface area contributed by atoms with Gasteiger partial charge in [-0.2, -0.15) is 0 Å². The van der Waals surface area contributed by atoms with Crippen LogP contribution in [0.1, 0.15) is 60.4 Å². The zero-order valence-electron chi connectivity index (χ0n) is 31.9. The largest absolute Gasteiger partial charge is 0.314 e. The van der Waals surface area contributed by atoms with Crippen molar-refractivity contribution in [3.8, 4) is 16.8 Å². The van der Waals surface area contributed by atoms with E-state index in [4.69, 9.17) is 0 Å². The monoisotopic (exact) mass is 750 g/mol. The molecule has 3 heteroatoms. The number of fused-ring (bicyclic) bond motifs is 9. The third kappa shape index (κ3) is 5.76. The first-order valence-corrected chi connectivity index (χ1v) is 21.1. The standard InChI is InChI=1S/C54H42N2S/c1-2-41(15-10-12-36-22-32-46-45-17-7-9-21-52(45)57-53(46)34-36)55(42-28-23-38(24-29-42)37-13-4-3-5-14-37)43-30-25-39(26-31-43)40-27-33-51-49(35-40)48-19-11-18-47-44-16-6-8-20-50(44)56(51)54(47)48/h2-4,6-13,15-18,20-23,25-28,30-35,48H,1,5,14,19,24,29H2. The van der Waals surface area contributed by atoms with Crippen LogP contribution in [0.4, 0.5) is 5.69 Å². The fourth-order valence-corrected chi connectivity index (χ4v) is 10.7. The van der Waals surface area contributed by atoms with Crippen LogP contribution in [-0.4, -0.2) is 4.57 Å². The molecule has 2 nitrogen and oxygen atoms in total. The van der Waals surface area contributed by atoms with Crippen LogP contribution in [0.25, 0.3) is 60.0 Å². The highest BCUT2D eigenvalue weighted by atomic mass is 32.1. The minimum atomic E-state index is 0.388. The Hall–Kier alpha value is -6.42. The quantitative estimate of drug-likeness (QED) is 0.140. The van der Waals surface area contributed by atoms with Crippen molar-refractivity contribution in [1.29, 1.82) is 0 Å². The van der Waals surface area contributed by atoms with Crippen LogP contribution >= 0.6 is 11.3 Å². The Kier molecular flexibility index (Phi) is 8.29. The first-order chi connectivity index (χ1) is 28.2. The Morgan fingerprint density at radius 2 is 1.56 bits per heavy atom. The summed E-state index contributed by atoms with van der Waals surface area (Å²) in [6.45, 7) is 4.33. The molecule has 0 spiro atoms. The number of aromatic nitrogens is 1. The van der Waals surface area contributed by atoms with Gasteiger partial charge in [-0.25, -0.2) is 0 Å². The van der Waals surface area contributed by atoms with Gasteiger partial charge >= 0.3 is 0 Å². The van der Waals surface area contributed by atoms with Crippen LogP contribution in [0, 0.1) is 0 Å². The molecule has 0 amide bonds. The van der Waals surface area contributed by atoms with Gasteiger partial charge in [0.05, 0.1) is 5.52 Å². The minimum absolute atomic E-state index is 0.388. The molecular formula is C54H42N2S. The van der Waals surface area contributed by atoms with Gasteiger partial charge in [0.2, 0.25) is 0 Å².